The zero-order chi connectivity index (χ0) is 14.8. The predicted molar refractivity (Wildman–Crippen MR) is 86.9 cm³/mol. The van der Waals surface area contributed by atoms with E-state index < -0.39 is 8.56 Å². The van der Waals surface area contributed by atoms with Crippen LogP contribution in [0.2, 0.25) is 11.1 Å². The van der Waals surface area contributed by atoms with E-state index in [-0.39, 0.29) is 5.04 Å². The summed E-state index contributed by atoms with van der Waals surface area (Å²) < 4.78 is 12.9. The standard InChI is InChI=1S/C16H36O2Si/c1-7-12-14-17-19(11-5,18-15-13-8-2)16(6,9-3)10-4/h7-15H2,1-6H3. The highest BCUT2D eigenvalue weighted by atomic mass is 28.4. The Labute approximate surface area is 122 Å². The Bertz CT molecular complexity index is 205. The van der Waals surface area contributed by atoms with Crippen LogP contribution < -0.4 is 0 Å². The minimum absolute atomic E-state index is 0.239. The monoisotopic (exact) mass is 288 g/mol. The molecule has 2 nitrogen and oxygen atoms in total. The lowest BCUT2D eigenvalue weighted by molar-refractivity contribution is 0.135. The van der Waals surface area contributed by atoms with Crippen molar-refractivity contribution < 1.29 is 8.85 Å². The number of unbranched alkanes of at least 4 members (excludes halogenated alkanes) is 2. The minimum atomic E-state index is -2.10. The Morgan fingerprint density at radius 3 is 1.47 bits per heavy atom. The maximum Gasteiger partial charge on any atom is 0.343 e. The fourth-order valence-corrected chi connectivity index (χ4v) is 6.64. The molecule has 0 aromatic heterocycles. The van der Waals surface area contributed by atoms with Crippen LogP contribution in [0.25, 0.3) is 0 Å². The second-order valence-electron chi connectivity index (χ2n) is 5.78. The zero-order valence-electron chi connectivity index (χ0n) is 14.2. The molecule has 0 aliphatic heterocycles. The summed E-state index contributed by atoms with van der Waals surface area (Å²) in [5.41, 5.74) is 0. The van der Waals surface area contributed by atoms with Crippen LogP contribution in [0.3, 0.4) is 0 Å². The molecule has 116 valence electrons. The summed E-state index contributed by atoms with van der Waals surface area (Å²) in [6, 6.07) is 1.07. The highest BCUT2D eigenvalue weighted by Gasteiger charge is 2.51. The quantitative estimate of drug-likeness (QED) is 0.340. The molecule has 0 fully saturated rings. The Morgan fingerprint density at radius 2 is 1.21 bits per heavy atom. The molecule has 0 saturated heterocycles. The molecule has 0 unspecified atom stereocenters. The molecule has 0 aromatic carbocycles. The molecule has 0 atom stereocenters. The molecular weight excluding hydrogens is 252 g/mol. The lowest BCUT2D eigenvalue weighted by Gasteiger charge is -2.44. The molecule has 0 N–H and O–H groups in total. The summed E-state index contributed by atoms with van der Waals surface area (Å²) in [6.45, 7) is 15.4. The van der Waals surface area contributed by atoms with Gasteiger partial charge in [-0.25, -0.2) is 0 Å². The molecule has 0 aromatic rings. The highest BCUT2D eigenvalue weighted by Crippen LogP contribution is 2.47. The van der Waals surface area contributed by atoms with Crippen LogP contribution in [0.1, 0.15) is 80.1 Å². The highest BCUT2D eigenvalue weighted by molar-refractivity contribution is 6.70. The second kappa shape index (κ2) is 9.95. The van der Waals surface area contributed by atoms with Crippen LogP contribution in [-0.2, 0) is 8.85 Å². The molecule has 0 bridgehead atoms. The maximum atomic E-state index is 6.43. The van der Waals surface area contributed by atoms with Gasteiger partial charge in [-0.2, -0.15) is 0 Å². The van der Waals surface area contributed by atoms with Crippen LogP contribution in [0.4, 0.5) is 0 Å². The summed E-state index contributed by atoms with van der Waals surface area (Å²) in [5, 5.41) is 0.239. The molecule has 0 aliphatic rings. The van der Waals surface area contributed by atoms with E-state index >= 15 is 0 Å². The van der Waals surface area contributed by atoms with Crippen molar-refractivity contribution in [2.45, 2.75) is 91.1 Å². The Morgan fingerprint density at radius 1 is 0.789 bits per heavy atom. The van der Waals surface area contributed by atoms with Gasteiger partial charge in [-0.15, -0.1) is 0 Å². The van der Waals surface area contributed by atoms with Gasteiger partial charge in [0.1, 0.15) is 0 Å². The van der Waals surface area contributed by atoms with Crippen molar-refractivity contribution in [1.29, 1.82) is 0 Å². The number of hydrogen-bond acceptors (Lipinski definition) is 2. The van der Waals surface area contributed by atoms with Crippen molar-refractivity contribution in [3.8, 4) is 0 Å². The fourth-order valence-electron chi connectivity index (χ4n) is 2.57. The van der Waals surface area contributed by atoms with Crippen molar-refractivity contribution >= 4 is 8.56 Å². The van der Waals surface area contributed by atoms with Gasteiger partial charge in [0, 0.05) is 18.3 Å². The van der Waals surface area contributed by atoms with Crippen LogP contribution in [0.15, 0.2) is 0 Å². The van der Waals surface area contributed by atoms with Gasteiger partial charge in [0.25, 0.3) is 0 Å². The molecule has 0 spiro atoms. The first kappa shape index (κ1) is 19.1. The average Bonchev–Trinajstić information content (AvgIpc) is 2.45. The first-order chi connectivity index (χ1) is 9.05. The Hall–Kier alpha value is 0.137. The second-order valence-corrected chi connectivity index (χ2v) is 9.78. The van der Waals surface area contributed by atoms with E-state index in [1.54, 1.807) is 0 Å². The van der Waals surface area contributed by atoms with Gasteiger partial charge in [-0.3, -0.25) is 0 Å². The van der Waals surface area contributed by atoms with Crippen LogP contribution in [0.5, 0.6) is 0 Å². The fraction of sp³-hybridized carbons (Fsp3) is 1.00. The summed E-state index contributed by atoms with van der Waals surface area (Å²) in [7, 11) is -2.10. The SMILES string of the molecule is CCCCO[Si](CC)(OCCCC)C(C)(CC)CC. The van der Waals surface area contributed by atoms with Crippen molar-refractivity contribution in [1.82, 2.24) is 0 Å². The molecule has 0 amide bonds. The van der Waals surface area contributed by atoms with Gasteiger partial charge >= 0.3 is 8.56 Å². The topological polar surface area (TPSA) is 18.5 Å². The predicted octanol–water partition coefficient (Wildman–Crippen LogP) is 5.66. The zero-order valence-corrected chi connectivity index (χ0v) is 15.2. The third-order valence-corrected chi connectivity index (χ3v) is 9.43. The lowest BCUT2D eigenvalue weighted by atomic mass is 10.1. The molecule has 0 saturated carbocycles. The van der Waals surface area contributed by atoms with Gasteiger partial charge < -0.3 is 8.85 Å². The molecule has 0 heterocycles. The van der Waals surface area contributed by atoms with Gasteiger partial charge in [-0.05, 0) is 31.7 Å². The van der Waals surface area contributed by atoms with Gasteiger partial charge in [-0.1, -0.05) is 54.4 Å². The van der Waals surface area contributed by atoms with Crippen molar-refractivity contribution in [3.63, 3.8) is 0 Å². The van der Waals surface area contributed by atoms with Crippen molar-refractivity contribution in [3.05, 3.63) is 0 Å². The Kier molecular flexibility index (Phi) is 10.0. The molecule has 3 heteroatoms. The largest absolute Gasteiger partial charge is 0.394 e. The summed E-state index contributed by atoms with van der Waals surface area (Å²) in [6.07, 6.45) is 6.99. The van der Waals surface area contributed by atoms with Gasteiger partial charge in [0.15, 0.2) is 0 Å². The third-order valence-electron chi connectivity index (χ3n) is 4.61. The molecule has 0 aliphatic carbocycles. The van der Waals surface area contributed by atoms with Crippen LogP contribution in [0, 0.1) is 0 Å². The Balaban J connectivity index is 4.92. The number of hydrogen-bond donors (Lipinski definition) is 0. The summed E-state index contributed by atoms with van der Waals surface area (Å²) in [5.74, 6) is 0. The first-order valence-electron chi connectivity index (χ1n) is 8.33. The van der Waals surface area contributed by atoms with Crippen LogP contribution in [-0.4, -0.2) is 21.8 Å². The smallest absolute Gasteiger partial charge is 0.343 e. The van der Waals surface area contributed by atoms with E-state index in [1.165, 1.54) is 12.8 Å². The lowest BCUT2D eigenvalue weighted by Crippen LogP contribution is -2.52. The molecular formula is C16H36O2Si. The maximum absolute atomic E-state index is 6.43. The van der Waals surface area contributed by atoms with Crippen molar-refractivity contribution in [2.75, 3.05) is 13.2 Å². The van der Waals surface area contributed by atoms with Gasteiger partial charge in [0.05, 0.1) is 0 Å². The molecule has 0 radical (unpaired) electrons. The van der Waals surface area contributed by atoms with E-state index in [0.717, 1.165) is 44.9 Å². The van der Waals surface area contributed by atoms with Crippen LogP contribution >= 0.6 is 0 Å². The van der Waals surface area contributed by atoms with E-state index in [4.69, 9.17) is 8.85 Å². The normalized spacial score (nSPS) is 12.9. The minimum Gasteiger partial charge on any atom is -0.394 e. The third kappa shape index (κ3) is 5.20. The number of rotatable bonds is 12. The van der Waals surface area contributed by atoms with Gasteiger partial charge in [0.2, 0.25) is 0 Å². The van der Waals surface area contributed by atoms with Crippen molar-refractivity contribution in [2.24, 2.45) is 0 Å². The summed E-state index contributed by atoms with van der Waals surface area (Å²) >= 11 is 0. The van der Waals surface area contributed by atoms with E-state index in [1.807, 2.05) is 0 Å². The average molecular weight is 289 g/mol. The van der Waals surface area contributed by atoms with E-state index in [9.17, 15) is 0 Å². The summed E-state index contributed by atoms with van der Waals surface area (Å²) in [4.78, 5) is 0. The van der Waals surface area contributed by atoms with E-state index in [0.29, 0.717) is 0 Å². The first-order valence-corrected chi connectivity index (χ1v) is 10.4. The molecule has 0 rings (SSSR count). The molecule has 19 heavy (non-hydrogen) atoms. The van der Waals surface area contributed by atoms with E-state index in [2.05, 4.69) is 41.5 Å².